The first-order valence-corrected chi connectivity index (χ1v) is 6.18. The highest BCUT2D eigenvalue weighted by molar-refractivity contribution is 7.13. The Balaban J connectivity index is 1.98. The first-order chi connectivity index (χ1) is 8.95. The predicted molar refractivity (Wildman–Crippen MR) is 65.9 cm³/mol. The number of alkyl halides is 3. The van der Waals surface area contributed by atoms with Gasteiger partial charge in [-0.2, -0.15) is 13.2 Å². The van der Waals surface area contributed by atoms with Gasteiger partial charge in [-0.1, -0.05) is 12.1 Å². The van der Waals surface area contributed by atoms with E-state index in [9.17, 15) is 18.0 Å². The second-order valence-corrected chi connectivity index (χ2v) is 4.65. The Hall–Kier alpha value is -1.89. The van der Waals surface area contributed by atoms with Crippen LogP contribution in [0, 0.1) is 0 Å². The van der Waals surface area contributed by atoms with E-state index in [1.54, 1.807) is 11.6 Å². The van der Waals surface area contributed by atoms with E-state index in [0.29, 0.717) is 10.7 Å². The number of nitrogens with one attached hydrogen (secondary N) is 1. The first-order valence-electron chi connectivity index (χ1n) is 5.30. The predicted octanol–water partition coefficient (Wildman–Crippen LogP) is 3.34. The van der Waals surface area contributed by atoms with Crippen LogP contribution >= 0.6 is 11.3 Å². The lowest BCUT2D eigenvalue weighted by Gasteiger charge is -2.07. The highest BCUT2D eigenvalue weighted by Gasteiger charge is 2.29. The number of thiazole rings is 1. The van der Waals surface area contributed by atoms with Gasteiger partial charge in [0.1, 0.15) is 0 Å². The largest absolute Gasteiger partial charge is 0.416 e. The van der Waals surface area contributed by atoms with E-state index in [4.69, 9.17) is 0 Å². The van der Waals surface area contributed by atoms with Gasteiger partial charge in [0.15, 0.2) is 5.13 Å². The molecule has 0 spiro atoms. The molecule has 7 heteroatoms. The zero-order chi connectivity index (χ0) is 13.9. The van der Waals surface area contributed by atoms with E-state index in [1.165, 1.54) is 23.5 Å². The summed E-state index contributed by atoms with van der Waals surface area (Å²) in [5.41, 5.74) is -0.210. The maximum atomic E-state index is 12.3. The zero-order valence-corrected chi connectivity index (χ0v) is 10.4. The molecule has 0 fully saturated rings. The third-order valence-electron chi connectivity index (χ3n) is 2.32. The van der Waals surface area contributed by atoms with E-state index in [1.807, 2.05) is 0 Å². The fourth-order valence-corrected chi connectivity index (χ4v) is 1.99. The molecule has 0 aliphatic rings. The lowest BCUT2D eigenvalue weighted by Crippen LogP contribution is -2.14. The van der Waals surface area contributed by atoms with Crippen molar-refractivity contribution in [1.82, 2.24) is 4.98 Å². The third-order valence-corrected chi connectivity index (χ3v) is 3.01. The number of hydrogen-bond donors (Lipinski definition) is 1. The Morgan fingerprint density at radius 2 is 1.95 bits per heavy atom. The summed E-state index contributed by atoms with van der Waals surface area (Å²) >= 11 is 1.28. The number of hydrogen-bond acceptors (Lipinski definition) is 3. The lowest BCUT2D eigenvalue weighted by molar-refractivity contribution is -0.137. The van der Waals surface area contributed by atoms with Gasteiger partial charge in [0.25, 0.3) is 0 Å². The molecule has 2 aromatic rings. The van der Waals surface area contributed by atoms with Crippen LogP contribution in [0.3, 0.4) is 0 Å². The smallest absolute Gasteiger partial charge is 0.302 e. The average molecular weight is 286 g/mol. The molecular formula is C12H9F3N2OS. The fraction of sp³-hybridized carbons (Fsp3) is 0.167. The molecule has 1 N–H and O–H groups in total. The van der Waals surface area contributed by atoms with Gasteiger partial charge < -0.3 is 5.32 Å². The minimum atomic E-state index is -4.36. The van der Waals surface area contributed by atoms with E-state index in [0.717, 1.165) is 12.1 Å². The number of benzene rings is 1. The zero-order valence-electron chi connectivity index (χ0n) is 9.57. The van der Waals surface area contributed by atoms with Crippen molar-refractivity contribution in [2.75, 3.05) is 5.32 Å². The van der Waals surface area contributed by atoms with E-state index in [-0.39, 0.29) is 12.3 Å². The third kappa shape index (κ3) is 3.78. The molecule has 1 aromatic carbocycles. The first kappa shape index (κ1) is 13.5. The lowest BCUT2D eigenvalue weighted by atomic mass is 10.1. The van der Waals surface area contributed by atoms with Crippen molar-refractivity contribution in [3.8, 4) is 0 Å². The summed E-state index contributed by atoms with van der Waals surface area (Å²) in [6.45, 7) is 0. The van der Waals surface area contributed by atoms with Crippen LogP contribution in [0.4, 0.5) is 18.3 Å². The van der Waals surface area contributed by atoms with Crippen LogP contribution in [0.5, 0.6) is 0 Å². The maximum absolute atomic E-state index is 12.3. The van der Waals surface area contributed by atoms with E-state index >= 15 is 0 Å². The van der Waals surface area contributed by atoms with Crippen molar-refractivity contribution < 1.29 is 18.0 Å². The molecule has 0 aliphatic heterocycles. The van der Waals surface area contributed by atoms with Gasteiger partial charge in [0, 0.05) is 11.6 Å². The summed E-state index contributed by atoms with van der Waals surface area (Å²) in [5.74, 6) is -0.310. The summed E-state index contributed by atoms with van der Waals surface area (Å²) in [5, 5.41) is 4.75. The molecule has 19 heavy (non-hydrogen) atoms. The SMILES string of the molecule is O=C(Cc1ccc(C(F)(F)F)cc1)Nc1nccs1. The molecule has 0 radical (unpaired) electrons. The number of halogens is 3. The molecule has 1 amide bonds. The molecule has 100 valence electrons. The molecular weight excluding hydrogens is 277 g/mol. The molecule has 0 unspecified atom stereocenters. The maximum Gasteiger partial charge on any atom is 0.416 e. The second-order valence-electron chi connectivity index (χ2n) is 3.76. The molecule has 3 nitrogen and oxygen atoms in total. The Morgan fingerprint density at radius 3 is 2.47 bits per heavy atom. The number of carbonyl (C=O) groups is 1. The molecule has 1 aromatic heterocycles. The van der Waals surface area contributed by atoms with Crippen LogP contribution in [0.25, 0.3) is 0 Å². The van der Waals surface area contributed by atoms with E-state index < -0.39 is 11.7 Å². The summed E-state index contributed by atoms with van der Waals surface area (Å²) in [4.78, 5) is 15.5. The van der Waals surface area contributed by atoms with Crippen LogP contribution in [0.1, 0.15) is 11.1 Å². The number of nitrogens with zero attached hydrogens (tertiary/aromatic N) is 1. The Labute approximate surface area is 111 Å². The molecule has 0 bridgehead atoms. The van der Waals surface area contributed by atoms with Crippen LogP contribution in [-0.4, -0.2) is 10.9 Å². The Morgan fingerprint density at radius 1 is 1.26 bits per heavy atom. The average Bonchev–Trinajstić information content (AvgIpc) is 2.81. The van der Waals surface area contributed by atoms with Crippen LogP contribution in [-0.2, 0) is 17.4 Å². The molecule has 0 saturated carbocycles. The monoisotopic (exact) mass is 286 g/mol. The number of anilines is 1. The number of rotatable bonds is 3. The van der Waals surface area contributed by atoms with Crippen LogP contribution < -0.4 is 5.32 Å². The highest BCUT2D eigenvalue weighted by Crippen LogP contribution is 2.29. The Kier molecular flexibility index (Phi) is 3.84. The minimum Gasteiger partial charge on any atom is -0.302 e. The molecule has 0 atom stereocenters. The van der Waals surface area contributed by atoms with Crippen molar-refractivity contribution in [2.24, 2.45) is 0 Å². The van der Waals surface area contributed by atoms with Gasteiger partial charge in [-0.15, -0.1) is 11.3 Å². The van der Waals surface area contributed by atoms with Crippen molar-refractivity contribution >= 4 is 22.4 Å². The molecule has 0 saturated heterocycles. The van der Waals surface area contributed by atoms with Crippen molar-refractivity contribution in [2.45, 2.75) is 12.6 Å². The van der Waals surface area contributed by atoms with E-state index in [2.05, 4.69) is 10.3 Å². The van der Waals surface area contributed by atoms with Gasteiger partial charge >= 0.3 is 6.18 Å². The normalized spacial score (nSPS) is 11.3. The summed E-state index contributed by atoms with van der Waals surface area (Å²) in [6, 6.07) is 4.52. The van der Waals surface area contributed by atoms with Crippen LogP contribution in [0.15, 0.2) is 35.8 Å². The molecule has 1 heterocycles. The van der Waals surface area contributed by atoms with Crippen molar-refractivity contribution in [1.29, 1.82) is 0 Å². The fourth-order valence-electron chi connectivity index (χ4n) is 1.45. The standard InChI is InChI=1S/C12H9F3N2OS/c13-12(14,15)9-3-1-8(2-4-9)7-10(18)17-11-16-5-6-19-11/h1-6H,7H2,(H,16,17,18). The quantitative estimate of drug-likeness (QED) is 0.940. The number of amides is 1. The van der Waals surface area contributed by atoms with Gasteiger partial charge in [-0.25, -0.2) is 4.98 Å². The van der Waals surface area contributed by atoms with Gasteiger partial charge in [0.2, 0.25) is 5.91 Å². The van der Waals surface area contributed by atoms with Gasteiger partial charge in [-0.3, -0.25) is 4.79 Å². The molecule has 2 rings (SSSR count). The van der Waals surface area contributed by atoms with Gasteiger partial charge in [0.05, 0.1) is 12.0 Å². The minimum absolute atomic E-state index is 0.0116. The Bertz CT molecular complexity index is 549. The summed E-state index contributed by atoms with van der Waals surface area (Å²) < 4.78 is 37.0. The summed E-state index contributed by atoms with van der Waals surface area (Å²) in [7, 11) is 0. The summed E-state index contributed by atoms with van der Waals surface area (Å²) in [6.07, 6.45) is -2.79. The second kappa shape index (κ2) is 5.40. The highest BCUT2D eigenvalue weighted by atomic mass is 32.1. The topological polar surface area (TPSA) is 42.0 Å². The molecule has 0 aliphatic carbocycles. The van der Waals surface area contributed by atoms with Crippen molar-refractivity contribution in [3.63, 3.8) is 0 Å². The van der Waals surface area contributed by atoms with Crippen LogP contribution in [0.2, 0.25) is 0 Å². The van der Waals surface area contributed by atoms with Crippen molar-refractivity contribution in [3.05, 3.63) is 47.0 Å². The number of carbonyl (C=O) groups excluding carboxylic acids is 1. The number of aromatic nitrogens is 1. The van der Waals surface area contributed by atoms with Gasteiger partial charge in [-0.05, 0) is 17.7 Å².